The van der Waals surface area contributed by atoms with Crippen molar-refractivity contribution in [2.24, 2.45) is 5.73 Å². The number of aliphatic carboxylic acids is 1. The SMILES string of the molecule is CC(=O)/C=C(\N)C(=O)O. The molecule has 4 nitrogen and oxygen atoms in total. The second-order valence-corrected chi connectivity index (χ2v) is 1.52. The van der Waals surface area contributed by atoms with Crippen molar-refractivity contribution in [1.82, 2.24) is 0 Å². The Morgan fingerprint density at radius 1 is 1.56 bits per heavy atom. The summed E-state index contributed by atoms with van der Waals surface area (Å²) in [5.74, 6) is -1.64. The van der Waals surface area contributed by atoms with Gasteiger partial charge in [0.15, 0.2) is 5.78 Å². The summed E-state index contributed by atoms with van der Waals surface area (Å²) in [5.41, 5.74) is 4.43. The fourth-order valence-corrected chi connectivity index (χ4v) is 0.281. The molecule has 4 heteroatoms. The highest BCUT2D eigenvalue weighted by Gasteiger charge is 2.00. The number of rotatable bonds is 2. The highest BCUT2D eigenvalue weighted by molar-refractivity contribution is 5.96. The Morgan fingerprint density at radius 3 is 2.11 bits per heavy atom. The van der Waals surface area contributed by atoms with Crippen LogP contribution in [0.2, 0.25) is 0 Å². The average Bonchev–Trinajstić information content (AvgIpc) is 1.63. The molecule has 0 saturated carbocycles. The lowest BCUT2D eigenvalue weighted by Gasteiger charge is -1.87. The van der Waals surface area contributed by atoms with Gasteiger partial charge in [0.05, 0.1) is 0 Å². The Hall–Kier alpha value is -1.32. The molecule has 0 aliphatic heterocycles. The van der Waals surface area contributed by atoms with E-state index in [1.165, 1.54) is 6.92 Å². The molecular weight excluding hydrogens is 122 g/mol. The molecule has 9 heavy (non-hydrogen) atoms. The molecule has 0 fully saturated rings. The van der Waals surface area contributed by atoms with E-state index in [0.717, 1.165) is 6.08 Å². The van der Waals surface area contributed by atoms with Gasteiger partial charge in [-0.2, -0.15) is 0 Å². The zero-order valence-electron chi connectivity index (χ0n) is 4.92. The summed E-state index contributed by atoms with van der Waals surface area (Å²) in [7, 11) is 0. The number of allylic oxidation sites excluding steroid dienone is 1. The maximum atomic E-state index is 10.1. The fraction of sp³-hybridized carbons (Fsp3) is 0.200. The standard InChI is InChI=1S/C5H7NO3/c1-3(7)2-4(6)5(8)9/h2H,6H2,1H3,(H,8,9)/b4-2-. The van der Waals surface area contributed by atoms with Crippen LogP contribution in [0.25, 0.3) is 0 Å². The van der Waals surface area contributed by atoms with Gasteiger partial charge in [-0.15, -0.1) is 0 Å². The molecule has 0 radical (unpaired) electrons. The Labute approximate surface area is 52.0 Å². The molecule has 0 saturated heterocycles. The molecule has 0 aliphatic carbocycles. The van der Waals surface area contributed by atoms with Gasteiger partial charge in [-0.1, -0.05) is 0 Å². The minimum Gasteiger partial charge on any atom is -0.477 e. The van der Waals surface area contributed by atoms with E-state index < -0.39 is 11.7 Å². The Balaban J connectivity index is 4.17. The summed E-state index contributed by atoms with van der Waals surface area (Å²) >= 11 is 0. The van der Waals surface area contributed by atoms with Gasteiger partial charge < -0.3 is 10.8 Å². The molecule has 0 atom stereocenters. The molecule has 3 N–H and O–H groups in total. The lowest BCUT2D eigenvalue weighted by molar-refractivity contribution is -0.133. The molecule has 0 spiro atoms. The van der Waals surface area contributed by atoms with E-state index in [9.17, 15) is 9.59 Å². The van der Waals surface area contributed by atoms with Gasteiger partial charge in [0.25, 0.3) is 0 Å². The van der Waals surface area contributed by atoms with Crippen LogP contribution in [0.4, 0.5) is 0 Å². The van der Waals surface area contributed by atoms with Gasteiger partial charge in [0.1, 0.15) is 5.70 Å². The van der Waals surface area contributed by atoms with E-state index in [1.807, 2.05) is 0 Å². The molecule has 0 rings (SSSR count). The summed E-state index contributed by atoms with van der Waals surface area (Å²) in [4.78, 5) is 20.0. The molecule has 0 bridgehead atoms. The van der Waals surface area contributed by atoms with Crippen molar-refractivity contribution in [3.8, 4) is 0 Å². The zero-order chi connectivity index (χ0) is 7.44. The van der Waals surface area contributed by atoms with Gasteiger partial charge in [-0.25, -0.2) is 4.79 Å². The Bertz CT molecular complexity index is 171. The van der Waals surface area contributed by atoms with Gasteiger partial charge in [-0.05, 0) is 6.92 Å². The van der Waals surface area contributed by atoms with Gasteiger partial charge in [-0.3, -0.25) is 4.79 Å². The Kier molecular flexibility index (Phi) is 2.44. The number of carboxylic acid groups (broad SMARTS) is 1. The number of carbonyl (C=O) groups is 2. The predicted molar refractivity (Wildman–Crippen MR) is 30.6 cm³/mol. The van der Waals surface area contributed by atoms with Gasteiger partial charge in [0, 0.05) is 6.08 Å². The van der Waals surface area contributed by atoms with Gasteiger partial charge >= 0.3 is 5.97 Å². The number of hydrogen-bond donors (Lipinski definition) is 2. The minimum absolute atomic E-state index is 0.366. The molecule has 0 aliphatic rings. The van der Waals surface area contributed by atoms with E-state index in [-0.39, 0.29) is 5.78 Å². The van der Waals surface area contributed by atoms with E-state index >= 15 is 0 Å². The van der Waals surface area contributed by atoms with E-state index in [1.54, 1.807) is 0 Å². The van der Waals surface area contributed by atoms with Crippen LogP contribution >= 0.6 is 0 Å². The molecule has 0 aromatic carbocycles. The summed E-state index contributed by atoms with van der Waals surface area (Å²) in [5, 5.41) is 8.09. The molecule has 0 aromatic rings. The van der Waals surface area contributed by atoms with Crippen molar-refractivity contribution >= 4 is 11.8 Å². The van der Waals surface area contributed by atoms with Crippen molar-refractivity contribution in [2.45, 2.75) is 6.92 Å². The third-order valence-electron chi connectivity index (χ3n) is 0.606. The lowest BCUT2D eigenvalue weighted by Crippen LogP contribution is -2.11. The third kappa shape index (κ3) is 3.28. The van der Waals surface area contributed by atoms with Crippen LogP contribution in [0.5, 0.6) is 0 Å². The van der Waals surface area contributed by atoms with Crippen LogP contribution < -0.4 is 5.73 Å². The number of ketones is 1. The van der Waals surface area contributed by atoms with Crippen molar-refractivity contribution in [2.75, 3.05) is 0 Å². The summed E-state index contributed by atoms with van der Waals surface area (Å²) in [6.45, 7) is 1.23. The monoisotopic (exact) mass is 129 g/mol. The molecule has 0 aromatic heterocycles. The molecule has 50 valence electrons. The van der Waals surface area contributed by atoms with Crippen molar-refractivity contribution in [1.29, 1.82) is 0 Å². The maximum Gasteiger partial charge on any atom is 0.351 e. The number of nitrogens with two attached hydrogens (primary N) is 1. The first kappa shape index (κ1) is 7.68. The van der Waals surface area contributed by atoms with Crippen LogP contribution in [0.1, 0.15) is 6.92 Å². The van der Waals surface area contributed by atoms with Crippen molar-refractivity contribution in [3.05, 3.63) is 11.8 Å². The third-order valence-corrected chi connectivity index (χ3v) is 0.606. The highest BCUT2D eigenvalue weighted by atomic mass is 16.4. The van der Waals surface area contributed by atoms with E-state index in [2.05, 4.69) is 0 Å². The van der Waals surface area contributed by atoms with E-state index in [4.69, 9.17) is 10.8 Å². The quantitative estimate of drug-likeness (QED) is 0.492. The van der Waals surface area contributed by atoms with Crippen molar-refractivity contribution < 1.29 is 14.7 Å². The molecular formula is C5H7NO3. The van der Waals surface area contributed by atoms with Crippen LogP contribution in [-0.4, -0.2) is 16.9 Å². The topological polar surface area (TPSA) is 80.4 Å². The molecule has 0 amide bonds. The highest BCUT2D eigenvalue weighted by Crippen LogP contribution is 1.82. The maximum absolute atomic E-state index is 10.1. The molecule has 0 unspecified atom stereocenters. The minimum atomic E-state index is -1.27. The zero-order valence-corrected chi connectivity index (χ0v) is 4.92. The second-order valence-electron chi connectivity index (χ2n) is 1.52. The molecule has 0 heterocycles. The van der Waals surface area contributed by atoms with Crippen LogP contribution in [0, 0.1) is 0 Å². The van der Waals surface area contributed by atoms with Crippen LogP contribution in [0.3, 0.4) is 0 Å². The van der Waals surface area contributed by atoms with Gasteiger partial charge in [0.2, 0.25) is 0 Å². The normalized spacial score (nSPS) is 11.0. The largest absolute Gasteiger partial charge is 0.477 e. The predicted octanol–water partition coefficient (Wildman–Crippen LogP) is -0.497. The average molecular weight is 129 g/mol. The lowest BCUT2D eigenvalue weighted by atomic mass is 10.3. The number of carboxylic acids is 1. The first-order valence-corrected chi connectivity index (χ1v) is 2.25. The second kappa shape index (κ2) is 2.86. The number of hydrogen-bond acceptors (Lipinski definition) is 3. The van der Waals surface area contributed by atoms with Crippen molar-refractivity contribution in [3.63, 3.8) is 0 Å². The number of carbonyl (C=O) groups excluding carboxylic acids is 1. The van der Waals surface area contributed by atoms with E-state index in [0.29, 0.717) is 0 Å². The smallest absolute Gasteiger partial charge is 0.351 e. The fourth-order valence-electron chi connectivity index (χ4n) is 0.281. The van der Waals surface area contributed by atoms with Crippen LogP contribution in [-0.2, 0) is 9.59 Å². The summed E-state index contributed by atoms with van der Waals surface area (Å²) < 4.78 is 0. The summed E-state index contributed by atoms with van der Waals surface area (Å²) in [6.07, 6.45) is 0.863. The Morgan fingerprint density at radius 2 is 2.00 bits per heavy atom. The van der Waals surface area contributed by atoms with Crippen LogP contribution in [0.15, 0.2) is 11.8 Å². The first-order chi connectivity index (χ1) is 4.04. The summed E-state index contributed by atoms with van der Waals surface area (Å²) in [6, 6.07) is 0. The first-order valence-electron chi connectivity index (χ1n) is 2.25.